The summed E-state index contributed by atoms with van der Waals surface area (Å²) in [5, 5.41) is 12.0. The van der Waals surface area contributed by atoms with Gasteiger partial charge < -0.3 is 14.8 Å². The van der Waals surface area contributed by atoms with E-state index in [9.17, 15) is 9.60 Å². The Morgan fingerprint density at radius 1 is 1.29 bits per heavy atom. The van der Waals surface area contributed by atoms with Crippen LogP contribution in [0.5, 0.6) is 0 Å². The van der Waals surface area contributed by atoms with E-state index in [2.05, 4.69) is 0 Å². The summed E-state index contributed by atoms with van der Waals surface area (Å²) in [6.07, 6.45) is 2.34. The molecule has 1 unspecified atom stereocenters. The van der Waals surface area contributed by atoms with E-state index >= 15 is 0 Å². The average Bonchev–Trinajstić information content (AvgIpc) is 2.97. The normalized spacial score (nSPS) is 18.2. The molecule has 0 amide bonds. The third-order valence-corrected chi connectivity index (χ3v) is 3.89. The van der Waals surface area contributed by atoms with Crippen molar-refractivity contribution >= 4 is 5.69 Å². The van der Waals surface area contributed by atoms with Gasteiger partial charge in [0.25, 0.3) is 5.69 Å². The van der Waals surface area contributed by atoms with Crippen molar-refractivity contribution in [3.05, 3.63) is 53.6 Å². The van der Waals surface area contributed by atoms with Crippen molar-refractivity contribution in [1.82, 2.24) is 0 Å². The molecule has 1 atom stereocenters. The lowest BCUT2D eigenvalue weighted by Crippen LogP contribution is -2.32. The number of ether oxygens (including phenoxy) is 1. The molecule has 110 valence electrons. The number of benzene rings is 1. The summed E-state index contributed by atoms with van der Waals surface area (Å²) >= 11 is 0. The molecule has 0 radical (unpaired) electrons. The molecular formula is C16H17FN2O2. The first-order chi connectivity index (χ1) is 10.2. The van der Waals surface area contributed by atoms with Gasteiger partial charge in [-0.25, -0.2) is 0 Å². The molecule has 0 saturated carbocycles. The first-order valence-corrected chi connectivity index (χ1v) is 6.95. The van der Waals surface area contributed by atoms with Gasteiger partial charge in [-0.3, -0.25) is 0 Å². The Kier molecular flexibility index (Phi) is 3.75. The molecule has 1 saturated heterocycles. The van der Waals surface area contributed by atoms with E-state index in [0.29, 0.717) is 22.5 Å². The van der Waals surface area contributed by atoms with Crippen LogP contribution >= 0.6 is 0 Å². The number of hydrogen-bond acceptors (Lipinski definition) is 3. The van der Waals surface area contributed by atoms with Crippen LogP contribution in [0.4, 0.5) is 10.1 Å². The number of halogens is 1. The summed E-state index contributed by atoms with van der Waals surface area (Å²) in [6, 6.07) is 10.4. The Bertz CT molecular complexity index is 634. The van der Waals surface area contributed by atoms with Crippen LogP contribution in [0.3, 0.4) is 0 Å². The van der Waals surface area contributed by atoms with Crippen LogP contribution in [0.1, 0.15) is 6.42 Å². The number of aromatic nitrogens is 1. The predicted octanol–water partition coefficient (Wildman–Crippen LogP) is 2.35. The molecule has 2 aromatic rings. The topological polar surface area (TPSA) is 39.4 Å². The number of nitrogens with zero attached hydrogens (tertiary/aromatic N) is 2. The summed E-state index contributed by atoms with van der Waals surface area (Å²) in [5.41, 5.74) is 1.10. The molecule has 0 aliphatic carbocycles. The monoisotopic (exact) mass is 288 g/mol. The molecule has 0 bridgehead atoms. The minimum Gasteiger partial charge on any atom is -0.618 e. The van der Waals surface area contributed by atoms with Gasteiger partial charge in [0.1, 0.15) is 0 Å². The van der Waals surface area contributed by atoms with Gasteiger partial charge in [-0.1, -0.05) is 18.2 Å². The van der Waals surface area contributed by atoms with E-state index in [1.165, 1.54) is 12.3 Å². The van der Waals surface area contributed by atoms with Crippen LogP contribution in [0.25, 0.3) is 11.3 Å². The maximum absolute atomic E-state index is 14.8. The van der Waals surface area contributed by atoms with E-state index in [4.69, 9.17) is 4.74 Å². The highest BCUT2D eigenvalue weighted by atomic mass is 19.1. The van der Waals surface area contributed by atoms with E-state index in [0.717, 1.165) is 13.0 Å². The molecule has 21 heavy (non-hydrogen) atoms. The highest BCUT2D eigenvalue weighted by Gasteiger charge is 2.28. The van der Waals surface area contributed by atoms with Gasteiger partial charge in [0, 0.05) is 26.3 Å². The van der Waals surface area contributed by atoms with Crippen molar-refractivity contribution in [1.29, 1.82) is 0 Å². The summed E-state index contributed by atoms with van der Waals surface area (Å²) < 4.78 is 20.7. The van der Waals surface area contributed by atoms with Gasteiger partial charge in [-0.05, 0) is 18.6 Å². The molecule has 0 N–H and O–H groups in total. The molecule has 1 aromatic carbocycles. The molecule has 4 nitrogen and oxygen atoms in total. The molecule has 1 aliphatic heterocycles. The van der Waals surface area contributed by atoms with Crippen LogP contribution in [0, 0.1) is 11.0 Å². The third kappa shape index (κ3) is 2.56. The van der Waals surface area contributed by atoms with Crippen molar-refractivity contribution in [2.75, 3.05) is 25.1 Å². The van der Waals surface area contributed by atoms with Crippen molar-refractivity contribution in [3.63, 3.8) is 0 Å². The number of hydrogen-bond donors (Lipinski definition) is 0. The fourth-order valence-corrected chi connectivity index (χ4v) is 2.74. The van der Waals surface area contributed by atoms with Gasteiger partial charge in [0.2, 0.25) is 5.82 Å². The Morgan fingerprint density at radius 2 is 2.05 bits per heavy atom. The van der Waals surface area contributed by atoms with Gasteiger partial charge in [0.15, 0.2) is 6.20 Å². The van der Waals surface area contributed by atoms with E-state index in [-0.39, 0.29) is 11.8 Å². The van der Waals surface area contributed by atoms with Crippen LogP contribution in [0.15, 0.2) is 42.6 Å². The van der Waals surface area contributed by atoms with Crippen LogP contribution in [-0.4, -0.2) is 26.3 Å². The predicted molar refractivity (Wildman–Crippen MR) is 78.4 cm³/mol. The molecule has 1 fully saturated rings. The number of anilines is 1. The van der Waals surface area contributed by atoms with Crippen LogP contribution in [0.2, 0.25) is 0 Å². The van der Waals surface area contributed by atoms with Crippen molar-refractivity contribution < 1.29 is 13.9 Å². The second kappa shape index (κ2) is 5.69. The Labute approximate surface area is 123 Å². The van der Waals surface area contributed by atoms with Gasteiger partial charge in [-0.15, -0.1) is 0 Å². The minimum absolute atomic E-state index is 0.0639. The molecule has 2 heterocycles. The summed E-state index contributed by atoms with van der Waals surface area (Å²) in [6.45, 7) is 1.37. The zero-order chi connectivity index (χ0) is 14.8. The molecule has 0 spiro atoms. The lowest BCUT2D eigenvalue weighted by Gasteiger charge is -2.19. The highest BCUT2D eigenvalue weighted by molar-refractivity contribution is 5.63. The van der Waals surface area contributed by atoms with Gasteiger partial charge in [-0.2, -0.15) is 9.12 Å². The van der Waals surface area contributed by atoms with E-state index < -0.39 is 5.82 Å². The molecule has 1 aliphatic rings. The Hall–Kier alpha value is -2.14. The quantitative estimate of drug-likeness (QED) is 0.643. The Morgan fingerprint density at radius 3 is 2.71 bits per heavy atom. The van der Waals surface area contributed by atoms with E-state index in [1.54, 1.807) is 31.4 Å². The maximum Gasteiger partial charge on any atom is 0.261 e. The average molecular weight is 288 g/mol. The fourth-order valence-electron chi connectivity index (χ4n) is 2.74. The summed E-state index contributed by atoms with van der Waals surface area (Å²) in [7, 11) is 1.66. The zero-order valence-electron chi connectivity index (χ0n) is 11.8. The second-order valence-electron chi connectivity index (χ2n) is 5.15. The van der Waals surface area contributed by atoms with Crippen molar-refractivity contribution in [2.45, 2.75) is 12.5 Å². The Balaban J connectivity index is 2.01. The maximum atomic E-state index is 14.8. The van der Waals surface area contributed by atoms with Gasteiger partial charge in [0.05, 0.1) is 17.4 Å². The number of pyridine rings is 1. The van der Waals surface area contributed by atoms with Gasteiger partial charge >= 0.3 is 0 Å². The molecule has 5 heteroatoms. The lowest BCUT2D eigenvalue weighted by atomic mass is 10.1. The lowest BCUT2D eigenvalue weighted by molar-refractivity contribution is -0.595. The summed E-state index contributed by atoms with van der Waals surface area (Å²) in [5.74, 6) is -0.476. The zero-order valence-corrected chi connectivity index (χ0v) is 11.8. The number of rotatable bonds is 3. The highest BCUT2D eigenvalue weighted by Crippen LogP contribution is 2.29. The largest absolute Gasteiger partial charge is 0.618 e. The van der Waals surface area contributed by atoms with Crippen molar-refractivity contribution in [3.8, 4) is 11.3 Å². The molecule has 1 aromatic heterocycles. The van der Waals surface area contributed by atoms with Crippen LogP contribution < -0.4 is 9.63 Å². The summed E-state index contributed by atoms with van der Waals surface area (Å²) in [4.78, 5) is 1.93. The minimum atomic E-state index is -0.476. The standard InChI is InChI=1S/C16H17FN2O2/c1-21-13-7-9-18(11-13)14-8-10-19(20)16(15(14)17)12-5-3-2-4-6-12/h2-6,8,10,13H,7,9,11H2,1H3. The first-order valence-electron chi connectivity index (χ1n) is 6.95. The fraction of sp³-hybridized carbons (Fsp3) is 0.312. The SMILES string of the molecule is COC1CCN(c2cc[n+]([O-])c(-c3ccccc3)c2F)C1. The van der Waals surface area contributed by atoms with Crippen molar-refractivity contribution in [2.24, 2.45) is 0 Å². The third-order valence-electron chi connectivity index (χ3n) is 3.89. The first kappa shape index (κ1) is 13.8. The van der Waals surface area contributed by atoms with E-state index in [1.807, 2.05) is 11.0 Å². The smallest absolute Gasteiger partial charge is 0.261 e. The van der Waals surface area contributed by atoms with Crippen LogP contribution in [-0.2, 0) is 4.74 Å². The molecular weight excluding hydrogens is 271 g/mol. The second-order valence-corrected chi connectivity index (χ2v) is 5.15. The molecule has 3 rings (SSSR count). The number of methoxy groups -OCH3 is 1.